The van der Waals surface area contributed by atoms with Gasteiger partial charge in [0.15, 0.2) is 11.5 Å². The molecule has 1 rings (SSSR count). The lowest BCUT2D eigenvalue weighted by atomic mass is 10.1. The van der Waals surface area contributed by atoms with Crippen LogP contribution in [0.5, 0.6) is 11.5 Å². The van der Waals surface area contributed by atoms with Crippen LogP contribution in [0.2, 0.25) is 0 Å². The fraction of sp³-hybridized carbons (Fsp3) is 0.538. The highest BCUT2D eigenvalue weighted by Gasteiger charge is 2.14. The molecule has 0 saturated heterocycles. The smallest absolute Gasteiger partial charge is 0.164 e. The first-order valence-electron chi connectivity index (χ1n) is 5.81. The number of ether oxygens (including phenoxy) is 2. The number of aryl methyl sites for hydroxylation is 1. The van der Waals surface area contributed by atoms with Crippen LogP contribution < -0.4 is 15.2 Å². The van der Waals surface area contributed by atoms with E-state index in [9.17, 15) is 4.39 Å². The highest BCUT2D eigenvalue weighted by Crippen LogP contribution is 2.34. The van der Waals surface area contributed by atoms with Gasteiger partial charge in [-0.15, -0.1) is 0 Å². The average Bonchev–Trinajstić information content (AvgIpc) is 2.28. The molecule has 1 aromatic carbocycles. The van der Waals surface area contributed by atoms with Gasteiger partial charge in [-0.1, -0.05) is 0 Å². The summed E-state index contributed by atoms with van der Waals surface area (Å²) >= 11 is 0. The van der Waals surface area contributed by atoms with E-state index in [1.165, 1.54) is 19.2 Å². The summed E-state index contributed by atoms with van der Waals surface area (Å²) in [6.45, 7) is 4.42. The van der Waals surface area contributed by atoms with Crippen LogP contribution >= 0.6 is 0 Å². The molecule has 0 unspecified atom stereocenters. The molecule has 0 spiro atoms. The van der Waals surface area contributed by atoms with E-state index in [0.29, 0.717) is 24.5 Å². The lowest BCUT2D eigenvalue weighted by Gasteiger charge is -2.17. The summed E-state index contributed by atoms with van der Waals surface area (Å²) in [5, 5.41) is 0. The molecule has 0 aliphatic carbocycles. The van der Waals surface area contributed by atoms with Gasteiger partial charge in [-0.2, -0.15) is 0 Å². The third-order valence-electron chi connectivity index (χ3n) is 2.32. The second kappa shape index (κ2) is 6.45. The van der Waals surface area contributed by atoms with Crippen LogP contribution in [-0.2, 0) is 6.42 Å². The van der Waals surface area contributed by atoms with Gasteiger partial charge < -0.3 is 15.2 Å². The van der Waals surface area contributed by atoms with E-state index in [1.807, 2.05) is 13.8 Å². The van der Waals surface area contributed by atoms with Gasteiger partial charge in [0.25, 0.3) is 0 Å². The topological polar surface area (TPSA) is 44.5 Å². The van der Waals surface area contributed by atoms with Crippen molar-refractivity contribution in [1.29, 1.82) is 0 Å². The standard InChI is InChI=1S/C13H20FNO2/c1-9(2)17-13-10(5-4-6-15)7-11(14)8-12(13)16-3/h7-9H,4-6,15H2,1-3H3. The molecule has 96 valence electrons. The number of halogens is 1. The highest BCUT2D eigenvalue weighted by atomic mass is 19.1. The maximum Gasteiger partial charge on any atom is 0.164 e. The number of rotatable bonds is 6. The van der Waals surface area contributed by atoms with Crippen LogP contribution in [0.15, 0.2) is 12.1 Å². The zero-order chi connectivity index (χ0) is 12.8. The molecule has 0 fully saturated rings. The van der Waals surface area contributed by atoms with Crippen LogP contribution in [0, 0.1) is 5.82 Å². The van der Waals surface area contributed by atoms with Crippen LogP contribution in [0.3, 0.4) is 0 Å². The average molecular weight is 241 g/mol. The van der Waals surface area contributed by atoms with Crippen molar-refractivity contribution in [2.75, 3.05) is 13.7 Å². The predicted molar refractivity (Wildman–Crippen MR) is 66.1 cm³/mol. The number of nitrogens with two attached hydrogens (primary N) is 1. The fourth-order valence-corrected chi connectivity index (χ4v) is 1.62. The minimum Gasteiger partial charge on any atom is -0.493 e. The Hall–Kier alpha value is -1.29. The Labute approximate surface area is 102 Å². The molecule has 0 amide bonds. The molecule has 3 nitrogen and oxygen atoms in total. The van der Waals surface area contributed by atoms with Gasteiger partial charge in [-0.25, -0.2) is 4.39 Å². The quantitative estimate of drug-likeness (QED) is 0.832. The number of methoxy groups -OCH3 is 1. The normalized spacial score (nSPS) is 10.7. The molecule has 0 radical (unpaired) electrons. The molecule has 1 aromatic rings. The van der Waals surface area contributed by atoms with Crippen molar-refractivity contribution in [2.45, 2.75) is 32.8 Å². The molecule has 0 aliphatic heterocycles. The second-order valence-electron chi connectivity index (χ2n) is 4.16. The number of hydrogen-bond donors (Lipinski definition) is 1. The van der Waals surface area contributed by atoms with Gasteiger partial charge >= 0.3 is 0 Å². The van der Waals surface area contributed by atoms with Gasteiger partial charge in [0, 0.05) is 11.6 Å². The maximum absolute atomic E-state index is 13.4. The third kappa shape index (κ3) is 3.89. The first-order valence-corrected chi connectivity index (χ1v) is 5.81. The molecule has 2 N–H and O–H groups in total. The van der Waals surface area contributed by atoms with Gasteiger partial charge in [0.1, 0.15) is 5.82 Å². The van der Waals surface area contributed by atoms with E-state index in [-0.39, 0.29) is 11.9 Å². The minimum absolute atomic E-state index is 0.0194. The fourth-order valence-electron chi connectivity index (χ4n) is 1.62. The van der Waals surface area contributed by atoms with E-state index >= 15 is 0 Å². The zero-order valence-corrected chi connectivity index (χ0v) is 10.6. The molecular formula is C13H20FNO2. The zero-order valence-electron chi connectivity index (χ0n) is 10.6. The van der Waals surface area contributed by atoms with Gasteiger partial charge in [-0.05, 0) is 39.3 Å². The molecule has 17 heavy (non-hydrogen) atoms. The lowest BCUT2D eigenvalue weighted by Crippen LogP contribution is -2.10. The second-order valence-corrected chi connectivity index (χ2v) is 4.16. The Morgan fingerprint density at radius 2 is 2.06 bits per heavy atom. The van der Waals surface area contributed by atoms with Crippen LogP contribution in [0.4, 0.5) is 4.39 Å². The van der Waals surface area contributed by atoms with E-state index in [4.69, 9.17) is 15.2 Å². The number of hydrogen-bond acceptors (Lipinski definition) is 3. The van der Waals surface area contributed by atoms with Gasteiger partial charge in [0.2, 0.25) is 0 Å². The Morgan fingerprint density at radius 1 is 1.35 bits per heavy atom. The van der Waals surface area contributed by atoms with E-state index < -0.39 is 0 Å². The molecule has 0 heterocycles. The molecule has 0 atom stereocenters. The Bertz CT molecular complexity index is 367. The molecular weight excluding hydrogens is 221 g/mol. The highest BCUT2D eigenvalue weighted by molar-refractivity contribution is 5.47. The summed E-state index contributed by atoms with van der Waals surface area (Å²) < 4.78 is 24.2. The summed E-state index contributed by atoms with van der Waals surface area (Å²) in [5.74, 6) is 0.744. The Morgan fingerprint density at radius 3 is 2.59 bits per heavy atom. The van der Waals surface area contributed by atoms with Gasteiger partial charge in [0.05, 0.1) is 13.2 Å². The van der Waals surface area contributed by atoms with Crippen molar-refractivity contribution >= 4 is 0 Å². The van der Waals surface area contributed by atoms with Crippen LogP contribution in [0.25, 0.3) is 0 Å². The third-order valence-corrected chi connectivity index (χ3v) is 2.32. The predicted octanol–water partition coefficient (Wildman–Crippen LogP) is 2.51. The van der Waals surface area contributed by atoms with Crippen molar-refractivity contribution < 1.29 is 13.9 Å². The van der Waals surface area contributed by atoms with Crippen LogP contribution in [-0.4, -0.2) is 19.8 Å². The number of benzene rings is 1. The molecule has 4 heteroatoms. The summed E-state index contributed by atoms with van der Waals surface area (Å²) in [6.07, 6.45) is 1.50. The summed E-state index contributed by atoms with van der Waals surface area (Å²) in [4.78, 5) is 0. The largest absolute Gasteiger partial charge is 0.493 e. The lowest BCUT2D eigenvalue weighted by molar-refractivity contribution is 0.227. The van der Waals surface area contributed by atoms with Crippen molar-refractivity contribution in [1.82, 2.24) is 0 Å². The van der Waals surface area contributed by atoms with Crippen molar-refractivity contribution in [2.24, 2.45) is 5.73 Å². The minimum atomic E-state index is -0.315. The van der Waals surface area contributed by atoms with E-state index in [2.05, 4.69) is 0 Å². The van der Waals surface area contributed by atoms with E-state index in [0.717, 1.165) is 12.0 Å². The van der Waals surface area contributed by atoms with Crippen molar-refractivity contribution in [3.63, 3.8) is 0 Å². The molecule has 0 aromatic heterocycles. The monoisotopic (exact) mass is 241 g/mol. The molecule has 0 aliphatic rings. The van der Waals surface area contributed by atoms with Crippen molar-refractivity contribution in [3.05, 3.63) is 23.5 Å². The maximum atomic E-state index is 13.4. The Balaban J connectivity index is 3.08. The summed E-state index contributed by atoms with van der Waals surface area (Å²) in [5.41, 5.74) is 6.28. The summed E-state index contributed by atoms with van der Waals surface area (Å²) in [7, 11) is 1.51. The van der Waals surface area contributed by atoms with Crippen LogP contribution in [0.1, 0.15) is 25.8 Å². The van der Waals surface area contributed by atoms with E-state index in [1.54, 1.807) is 0 Å². The first-order chi connectivity index (χ1) is 8.08. The van der Waals surface area contributed by atoms with Gasteiger partial charge in [-0.3, -0.25) is 0 Å². The molecule has 0 bridgehead atoms. The molecule has 0 saturated carbocycles. The SMILES string of the molecule is COc1cc(F)cc(CCCN)c1OC(C)C. The summed E-state index contributed by atoms with van der Waals surface area (Å²) in [6, 6.07) is 2.82. The Kier molecular flexibility index (Phi) is 5.22. The first kappa shape index (κ1) is 13.8. The van der Waals surface area contributed by atoms with Crippen molar-refractivity contribution in [3.8, 4) is 11.5 Å².